The molecular formula is C26H36F5N5O3S. The van der Waals surface area contributed by atoms with Crippen LogP contribution in [0.2, 0.25) is 0 Å². The maximum absolute atomic E-state index is 14.1. The van der Waals surface area contributed by atoms with Gasteiger partial charge in [-0.2, -0.15) is 13.2 Å². The van der Waals surface area contributed by atoms with Crippen molar-refractivity contribution < 1.29 is 36.6 Å². The molecule has 1 unspecified atom stereocenters. The first-order valence-electron chi connectivity index (χ1n) is 12.9. The highest BCUT2D eigenvalue weighted by molar-refractivity contribution is 7.81. The van der Waals surface area contributed by atoms with E-state index >= 15 is 0 Å². The van der Waals surface area contributed by atoms with Crippen LogP contribution in [0.25, 0.3) is 0 Å². The molecule has 0 aromatic carbocycles. The van der Waals surface area contributed by atoms with Gasteiger partial charge in [-0.05, 0) is 59.9 Å². The lowest BCUT2D eigenvalue weighted by Crippen LogP contribution is -2.49. The number of likely N-dealkylation sites (tertiary alicyclic amines) is 1. The Balaban J connectivity index is 2.52. The maximum Gasteiger partial charge on any atom is 0.408 e. The summed E-state index contributed by atoms with van der Waals surface area (Å²) in [6.45, 7) is 9.37. The van der Waals surface area contributed by atoms with Crippen LogP contribution in [0.3, 0.4) is 0 Å². The van der Waals surface area contributed by atoms with E-state index in [9.17, 15) is 36.6 Å². The van der Waals surface area contributed by atoms with Gasteiger partial charge in [0.1, 0.15) is 11.9 Å². The predicted molar refractivity (Wildman–Crippen MR) is 146 cm³/mol. The summed E-state index contributed by atoms with van der Waals surface area (Å²) in [5.41, 5.74) is -2.49. The number of rotatable bonds is 11. The number of alkyl halides is 5. The third-order valence-corrected chi connectivity index (χ3v) is 7.38. The fraction of sp³-hybridized carbons (Fsp3) is 0.654. The van der Waals surface area contributed by atoms with E-state index in [0.29, 0.717) is 19.4 Å². The number of nitrogens with zero attached hydrogens (tertiary/aromatic N) is 3. The van der Waals surface area contributed by atoms with Gasteiger partial charge in [0.2, 0.25) is 0 Å². The fourth-order valence-electron chi connectivity index (χ4n) is 4.05. The molecule has 224 valence electrons. The van der Waals surface area contributed by atoms with Crippen LogP contribution in [0, 0.1) is 0 Å². The molecule has 0 aliphatic carbocycles. The van der Waals surface area contributed by atoms with E-state index in [1.54, 1.807) is 6.92 Å². The van der Waals surface area contributed by atoms with Gasteiger partial charge in [-0.1, -0.05) is 19.1 Å². The number of carbonyl (C=O) groups is 2. The Kier molecular flexibility index (Phi) is 11.1. The highest BCUT2D eigenvalue weighted by atomic mass is 32.1. The molecule has 0 spiro atoms. The Hall–Kier alpha value is -2.74. The van der Waals surface area contributed by atoms with Crippen molar-refractivity contribution in [1.29, 1.82) is 0 Å². The van der Waals surface area contributed by atoms with Gasteiger partial charge in [0.25, 0.3) is 18.2 Å². The number of pyridine rings is 1. The Morgan fingerprint density at radius 2 is 1.93 bits per heavy atom. The van der Waals surface area contributed by atoms with Gasteiger partial charge in [-0.3, -0.25) is 14.6 Å². The molecule has 0 radical (unpaired) electrons. The monoisotopic (exact) mass is 593 g/mol. The second-order valence-corrected chi connectivity index (χ2v) is 10.9. The SMILES string of the molecule is CC[C@H](Nc1cc(C(F)F)c(C(=S)C(N=C(C)C(=O)N[C@@H](C)C(C)(C)O)C(=O)N2CCC[C@@H]2C)cn1)C(F)(F)F. The molecule has 3 N–H and O–H groups in total. The first-order chi connectivity index (χ1) is 18.4. The zero-order valence-electron chi connectivity index (χ0n) is 23.3. The molecule has 40 heavy (non-hydrogen) atoms. The van der Waals surface area contributed by atoms with Gasteiger partial charge in [0, 0.05) is 29.9 Å². The molecule has 0 saturated carbocycles. The minimum absolute atomic E-state index is 0.176. The largest absolute Gasteiger partial charge is 0.408 e. The molecule has 2 amide bonds. The van der Waals surface area contributed by atoms with Gasteiger partial charge in [-0.25, -0.2) is 13.8 Å². The minimum Gasteiger partial charge on any atom is -0.388 e. The number of thiocarbonyl (C=S) groups is 1. The molecule has 4 atom stereocenters. The van der Waals surface area contributed by atoms with Gasteiger partial charge >= 0.3 is 6.18 Å². The van der Waals surface area contributed by atoms with Crippen LogP contribution in [0.1, 0.15) is 78.4 Å². The van der Waals surface area contributed by atoms with Crippen molar-refractivity contribution in [2.45, 2.75) is 103 Å². The summed E-state index contributed by atoms with van der Waals surface area (Å²) >= 11 is 5.46. The van der Waals surface area contributed by atoms with Crippen LogP contribution < -0.4 is 10.6 Å². The smallest absolute Gasteiger partial charge is 0.388 e. The topological polar surface area (TPSA) is 107 Å². The Morgan fingerprint density at radius 3 is 2.40 bits per heavy atom. The summed E-state index contributed by atoms with van der Waals surface area (Å²) in [4.78, 5) is 35.6. The molecule has 8 nitrogen and oxygen atoms in total. The van der Waals surface area contributed by atoms with Crippen LogP contribution in [0.5, 0.6) is 0 Å². The van der Waals surface area contributed by atoms with Crippen molar-refractivity contribution in [1.82, 2.24) is 15.2 Å². The number of aliphatic imine (C=N–C) groups is 1. The highest BCUT2D eigenvalue weighted by Gasteiger charge is 2.39. The second kappa shape index (κ2) is 13.3. The van der Waals surface area contributed by atoms with E-state index in [2.05, 4.69) is 20.6 Å². The van der Waals surface area contributed by atoms with E-state index in [1.807, 2.05) is 6.92 Å². The van der Waals surface area contributed by atoms with Crippen molar-refractivity contribution >= 4 is 40.4 Å². The lowest BCUT2D eigenvalue weighted by molar-refractivity contribution is -0.143. The van der Waals surface area contributed by atoms with E-state index in [-0.39, 0.29) is 28.6 Å². The normalized spacial score (nSPS) is 18.9. The lowest BCUT2D eigenvalue weighted by Gasteiger charge is -2.28. The summed E-state index contributed by atoms with van der Waals surface area (Å²) in [5, 5.41) is 14.8. The van der Waals surface area contributed by atoms with Gasteiger partial charge < -0.3 is 20.6 Å². The van der Waals surface area contributed by atoms with Crippen LogP contribution in [-0.4, -0.2) is 79.9 Å². The number of aromatic nitrogens is 1. The van der Waals surface area contributed by atoms with Gasteiger partial charge in [-0.15, -0.1) is 0 Å². The van der Waals surface area contributed by atoms with E-state index in [4.69, 9.17) is 12.2 Å². The zero-order valence-corrected chi connectivity index (χ0v) is 24.1. The van der Waals surface area contributed by atoms with Crippen molar-refractivity contribution in [2.24, 2.45) is 4.99 Å². The quantitative estimate of drug-likeness (QED) is 0.150. The number of nitrogens with one attached hydrogen (secondary N) is 2. The summed E-state index contributed by atoms with van der Waals surface area (Å²) in [5.74, 6) is -1.72. The van der Waals surface area contributed by atoms with E-state index in [1.165, 1.54) is 32.6 Å². The lowest BCUT2D eigenvalue weighted by atomic mass is 10.00. The first-order valence-corrected chi connectivity index (χ1v) is 13.3. The van der Waals surface area contributed by atoms with Gasteiger partial charge in [0.05, 0.1) is 22.2 Å². The number of hydrogen-bond donors (Lipinski definition) is 3. The van der Waals surface area contributed by atoms with Crippen molar-refractivity contribution in [3.8, 4) is 0 Å². The van der Waals surface area contributed by atoms with Crippen LogP contribution in [-0.2, 0) is 9.59 Å². The third kappa shape index (κ3) is 8.38. The first kappa shape index (κ1) is 33.5. The van der Waals surface area contributed by atoms with Crippen molar-refractivity contribution in [3.63, 3.8) is 0 Å². The molecule has 1 aromatic rings. The average Bonchev–Trinajstić information content (AvgIpc) is 3.28. The van der Waals surface area contributed by atoms with Gasteiger partial charge in [0.15, 0.2) is 6.04 Å². The molecular weight excluding hydrogens is 557 g/mol. The predicted octanol–water partition coefficient (Wildman–Crippen LogP) is 4.61. The molecule has 1 aliphatic rings. The number of amides is 2. The van der Waals surface area contributed by atoms with Crippen molar-refractivity contribution in [3.05, 3.63) is 23.4 Å². The zero-order chi connectivity index (χ0) is 30.6. The van der Waals surface area contributed by atoms with E-state index in [0.717, 1.165) is 12.3 Å². The average molecular weight is 594 g/mol. The summed E-state index contributed by atoms with van der Waals surface area (Å²) in [6, 6.07) is -3.65. The standard InChI is InChI=1S/C26H36F5N5O3S/c1-7-18(26(29,30)31)35-19-11-16(22(27)28)17(12-32-19)21(40)20(24(38)36-10-8-9-13(36)2)33-14(3)23(37)34-15(4)25(5,6)39/h11-13,15,18,20,22,39H,7-10H2,1-6H3,(H,32,35)(H,34,37)/t13-,15-,18-,20?/m0/s1. The van der Waals surface area contributed by atoms with Crippen LogP contribution >= 0.6 is 12.2 Å². The van der Waals surface area contributed by atoms with E-state index < -0.39 is 59.5 Å². The molecule has 1 fully saturated rings. The Morgan fingerprint density at radius 1 is 1.30 bits per heavy atom. The molecule has 1 aromatic heterocycles. The second-order valence-electron chi connectivity index (χ2n) is 10.5. The summed E-state index contributed by atoms with van der Waals surface area (Å²) in [6.07, 6.45) is -5.84. The number of halogens is 5. The van der Waals surface area contributed by atoms with Crippen LogP contribution in [0.4, 0.5) is 27.8 Å². The Bertz CT molecular complexity index is 1120. The molecule has 1 aliphatic heterocycles. The van der Waals surface area contributed by atoms with Crippen LogP contribution in [0.15, 0.2) is 17.3 Å². The molecule has 14 heteroatoms. The summed E-state index contributed by atoms with van der Waals surface area (Å²) < 4.78 is 67.9. The number of hydrogen-bond acceptors (Lipinski definition) is 7. The van der Waals surface area contributed by atoms with Crippen molar-refractivity contribution in [2.75, 3.05) is 11.9 Å². The Labute approximate surface area is 235 Å². The fourth-order valence-corrected chi connectivity index (χ4v) is 4.38. The molecule has 1 saturated heterocycles. The third-order valence-electron chi connectivity index (χ3n) is 6.94. The molecule has 2 heterocycles. The molecule has 0 bridgehead atoms. The number of aliphatic hydroxyl groups is 1. The minimum atomic E-state index is -4.63. The summed E-state index contributed by atoms with van der Waals surface area (Å²) in [7, 11) is 0. The maximum atomic E-state index is 14.1. The number of carbonyl (C=O) groups excluding carboxylic acids is 2. The molecule has 2 rings (SSSR count). The number of anilines is 1. The highest BCUT2D eigenvalue weighted by Crippen LogP contribution is 2.30.